The van der Waals surface area contributed by atoms with Gasteiger partial charge >= 0.3 is 0 Å². The summed E-state index contributed by atoms with van der Waals surface area (Å²) in [5.41, 5.74) is 3.36. The lowest BCUT2D eigenvalue weighted by molar-refractivity contribution is -0.114. The first-order valence-electron chi connectivity index (χ1n) is 9.98. The number of amides is 1. The van der Waals surface area contributed by atoms with E-state index < -0.39 is 0 Å². The Labute approximate surface area is 167 Å². The predicted octanol–water partition coefficient (Wildman–Crippen LogP) is 4.37. The number of nitrogens with one attached hydrogen (secondary N) is 2. The van der Waals surface area contributed by atoms with Crippen molar-refractivity contribution in [2.24, 2.45) is 0 Å². The number of nitriles is 1. The maximum Gasteiger partial charge on any atom is 0.243 e. The Bertz CT molecular complexity index is 836. The van der Waals surface area contributed by atoms with E-state index >= 15 is 0 Å². The van der Waals surface area contributed by atoms with Crippen LogP contribution >= 0.6 is 0 Å². The van der Waals surface area contributed by atoms with E-state index in [9.17, 15) is 4.79 Å². The molecule has 3 rings (SSSR count). The summed E-state index contributed by atoms with van der Waals surface area (Å²) < 4.78 is 0. The highest BCUT2D eigenvalue weighted by Gasteiger charge is 2.18. The molecule has 0 aliphatic heterocycles. The second kappa shape index (κ2) is 9.91. The second-order valence-electron chi connectivity index (χ2n) is 7.46. The molecular formula is C23H28N4O. The van der Waals surface area contributed by atoms with Crippen molar-refractivity contribution < 1.29 is 4.79 Å². The van der Waals surface area contributed by atoms with Crippen molar-refractivity contribution in [1.29, 1.82) is 5.26 Å². The van der Waals surface area contributed by atoms with Gasteiger partial charge in [0.15, 0.2) is 0 Å². The van der Waals surface area contributed by atoms with Gasteiger partial charge in [-0.1, -0.05) is 43.5 Å². The normalized spacial score (nSPS) is 14.5. The van der Waals surface area contributed by atoms with Gasteiger partial charge in [0, 0.05) is 24.0 Å². The molecule has 0 heterocycles. The fourth-order valence-electron chi connectivity index (χ4n) is 3.80. The first kappa shape index (κ1) is 19.9. The Morgan fingerprint density at radius 2 is 1.93 bits per heavy atom. The number of hydrogen-bond donors (Lipinski definition) is 2. The van der Waals surface area contributed by atoms with E-state index in [-0.39, 0.29) is 12.5 Å². The number of hydrogen-bond acceptors (Lipinski definition) is 4. The lowest BCUT2D eigenvalue weighted by atomic mass is 9.94. The summed E-state index contributed by atoms with van der Waals surface area (Å²) in [4.78, 5) is 14.7. The highest BCUT2D eigenvalue weighted by molar-refractivity contribution is 5.94. The van der Waals surface area contributed by atoms with Gasteiger partial charge in [-0.25, -0.2) is 0 Å². The number of para-hydroxylation sites is 1. The fourth-order valence-corrected chi connectivity index (χ4v) is 3.80. The van der Waals surface area contributed by atoms with Crippen molar-refractivity contribution in [1.82, 2.24) is 4.90 Å². The van der Waals surface area contributed by atoms with E-state index in [1.165, 1.54) is 37.7 Å². The minimum absolute atomic E-state index is 0.134. The number of anilines is 2. The SMILES string of the molecule is CN(Cc1ccccc1NCC(=O)Nc1cccc(C#N)c1)C1CCCCC1. The van der Waals surface area contributed by atoms with Crippen LogP contribution in [0.2, 0.25) is 0 Å². The zero-order chi connectivity index (χ0) is 19.8. The molecular weight excluding hydrogens is 348 g/mol. The average molecular weight is 377 g/mol. The third kappa shape index (κ3) is 5.58. The van der Waals surface area contributed by atoms with Gasteiger partial charge in [0.25, 0.3) is 0 Å². The molecule has 0 saturated heterocycles. The molecule has 0 aromatic heterocycles. The zero-order valence-electron chi connectivity index (χ0n) is 16.4. The fraction of sp³-hybridized carbons (Fsp3) is 0.391. The van der Waals surface area contributed by atoms with E-state index in [2.05, 4.69) is 34.7 Å². The topological polar surface area (TPSA) is 68.2 Å². The summed E-state index contributed by atoms with van der Waals surface area (Å²) in [7, 11) is 2.20. The molecule has 1 fully saturated rings. The van der Waals surface area contributed by atoms with E-state index in [0.717, 1.165) is 12.2 Å². The summed E-state index contributed by atoms with van der Waals surface area (Å²) in [5, 5.41) is 15.1. The predicted molar refractivity (Wildman–Crippen MR) is 113 cm³/mol. The molecule has 1 aliphatic rings. The van der Waals surface area contributed by atoms with Crippen LogP contribution in [0.1, 0.15) is 43.2 Å². The van der Waals surface area contributed by atoms with Crippen LogP contribution in [0.15, 0.2) is 48.5 Å². The molecule has 0 bridgehead atoms. The molecule has 0 spiro atoms. The van der Waals surface area contributed by atoms with Crippen molar-refractivity contribution in [3.05, 3.63) is 59.7 Å². The van der Waals surface area contributed by atoms with E-state index in [1.54, 1.807) is 24.3 Å². The Morgan fingerprint density at radius 3 is 2.71 bits per heavy atom. The lowest BCUT2D eigenvalue weighted by Gasteiger charge is -2.31. The van der Waals surface area contributed by atoms with Crippen LogP contribution in [0.3, 0.4) is 0 Å². The zero-order valence-corrected chi connectivity index (χ0v) is 16.4. The van der Waals surface area contributed by atoms with Gasteiger partial charge in [0.2, 0.25) is 5.91 Å². The summed E-state index contributed by atoms with van der Waals surface area (Å²) in [6, 6.07) is 17.8. The van der Waals surface area contributed by atoms with Crippen LogP contribution in [0.5, 0.6) is 0 Å². The first-order valence-corrected chi connectivity index (χ1v) is 9.98. The van der Waals surface area contributed by atoms with Crippen LogP contribution in [-0.2, 0) is 11.3 Å². The number of nitrogens with zero attached hydrogens (tertiary/aromatic N) is 2. The number of carbonyl (C=O) groups excluding carboxylic acids is 1. The van der Waals surface area contributed by atoms with Crippen molar-refractivity contribution in [2.45, 2.75) is 44.7 Å². The van der Waals surface area contributed by atoms with Gasteiger partial charge in [0.05, 0.1) is 18.2 Å². The van der Waals surface area contributed by atoms with E-state index in [4.69, 9.17) is 5.26 Å². The lowest BCUT2D eigenvalue weighted by Crippen LogP contribution is -2.33. The Kier molecular flexibility index (Phi) is 7.05. The second-order valence-corrected chi connectivity index (χ2v) is 7.46. The Hall–Kier alpha value is -2.84. The molecule has 146 valence electrons. The maximum atomic E-state index is 12.3. The third-order valence-electron chi connectivity index (χ3n) is 5.35. The smallest absolute Gasteiger partial charge is 0.243 e. The van der Waals surface area contributed by atoms with Crippen molar-refractivity contribution in [2.75, 3.05) is 24.2 Å². The highest BCUT2D eigenvalue weighted by Crippen LogP contribution is 2.24. The molecule has 28 heavy (non-hydrogen) atoms. The summed E-state index contributed by atoms with van der Waals surface area (Å²) >= 11 is 0. The molecule has 1 aliphatic carbocycles. The summed E-state index contributed by atoms with van der Waals surface area (Å²) in [6.45, 7) is 1.06. The third-order valence-corrected chi connectivity index (χ3v) is 5.35. The molecule has 1 amide bonds. The van der Waals surface area contributed by atoms with Gasteiger partial charge in [0.1, 0.15) is 0 Å². The average Bonchev–Trinajstić information content (AvgIpc) is 2.74. The Balaban J connectivity index is 1.56. The quantitative estimate of drug-likeness (QED) is 0.753. The summed E-state index contributed by atoms with van der Waals surface area (Å²) in [6.07, 6.45) is 6.55. The minimum Gasteiger partial charge on any atom is -0.376 e. The van der Waals surface area contributed by atoms with Gasteiger partial charge in [-0.05, 0) is 49.7 Å². The molecule has 2 N–H and O–H groups in total. The van der Waals surface area contributed by atoms with Crippen LogP contribution in [0.4, 0.5) is 11.4 Å². The Morgan fingerprint density at radius 1 is 1.14 bits per heavy atom. The number of benzene rings is 2. The first-order chi connectivity index (χ1) is 13.7. The van der Waals surface area contributed by atoms with Crippen molar-refractivity contribution >= 4 is 17.3 Å². The summed E-state index contributed by atoms with van der Waals surface area (Å²) in [5.74, 6) is -0.134. The largest absolute Gasteiger partial charge is 0.376 e. The monoisotopic (exact) mass is 376 g/mol. The van der Waals surface area contributed by atoms with Crippen LogP contribution in [0, 0.1) is 11.3 Å². The van der Waals surface area contributed by atoms with Gasteiger partial charge < -0.3 is 10.6 Å². The number of rotatable bonds is 7. The maximum absolute atomic E-state index is 12.3. The van der Waals surface area contributed by atoms with Crippen LogP contribution < -0.4 is 10.6 Å². The van der Waals surface area contributed by atoms with Gasteiger partial charge in [-0.15, -0.1) is 0 Å². The van der Waals surface area contributed by atoms with Crippen molar-refractivity contribution in [3.63, 3.8) is 0 Å². The van der Waals surface area contributed by atoms with Gasteiger partial charge in [-0.2, -0.15) is 5.26 Å². The van der Waals surface area contributed by atoms with E-state index in [0.29, 0.717) is 17.3 Å². The molecule has 0 unspecified atom stereocenters. The van der Waals surface area contributed by atoms with Crippen LogP contribution in [0.25, 0.3) is 0 Å². The van der Waals surface area contributed by atoms with Crippen molar-refractivity contribution in [3.8, 4) is 6.07 Å². The van der Waals surface area contributed by atoms with Crippen LogP contribution in [-0.4, -0.2) is 30.4 Å². The van der Waals surface area contributed by atoms with Gasteiger partial charge in [-0.3, -0.25) is 9.69 Å². The molecule has 0 atom stereocenters. The molecule has 2 aromatic rings. The molecule has 5 heteroatoms. The minimum atomic E-state index is -0.134. The molecule has 2 aromatic carbocycles. The standard InChI is InChI=1S/C23H28N4O/c1-27(21-11-3-2-4-12-21)17-19-9-5-6-13-22(19)25-16-23(28)26-20-10-7-8-18(14-20)15-24/h5-10,13-14,21,25H,2-4,11-12,16-17H2,1H3,(H,26,28). The van der Waals surface area contributed by atoms with E-state index in [1.807, 2.05) is 18.2 Å². The number of carbonyl (C=O) groups is 1. The molecule has 5 nitrogen and oxygen atoms in total. The molecule has 0 radical (unpaired) electrons. The molecule has 1 saturated carbocycles. The highest BCUT2D eigenvalue weighted by atomic mass is 16.1.